The van der Waals surface area contributed by atoms with Crippen molar-refractivity contribution < 1.29 is 13.2 Å². The van der Waals surface area contributed by atoms with Gasteiger partial charge in [0, 0.05) is 22.6 Å². The highest BCUT2D eigenvalue weighted by atomic mass is 127. The molecule has 0 aromatic carbocycles. The second-order valence-corrected chi connectivity index (χ2v) is 3.21. The fraction of sp³-hybridized carbons (Fsp3) is 0.200. The first-order valence-corrected chi connectivity index (χ1v) is 4.12. The zero-order valence-corrected chi connectivity index (χ0v) is 8.28. The molecule has 0 aliphatic heterocycles. The van der Waals surface area contributed by atoms with Gasteiger partial charge in [-0.05, 0) is 0 Å². The van der Waals surface area contributed by atoms with Crippen LogP contribution in [-0.2, 0) is 6.18 Å². The molecule has 0 unspecified atom stereocenters. The van der Waals surface area contributed by atoms with Crippen molar-refractivity contribution in [2.75, 3.05) is 0 Å². The van der Waals surface area contributed by atoms with Crippen LogP contribution < -0.4 is 0 Å². The quantitative estimate of drug-likeness (QED) is 0.544. The van der Waals surface area contributed by atoms with Gasteiger partial charge in [0.15, 0.2) is 9.53 Å². The van der Waals surface area contributed by atoms with Crippen LogP contribution in [0.2, 0.25) is 5.02 Å². The van der Waals surface area contributed by atoms with E-state index < -0.39 is 16.9 Å². The SMILES string of the molecule is FC(F)(F)c1nc(I)ncc1Cl. The first kappa shape index (κ1) is 9.97. The molecule has 66 valence electrons. The zero-order valence-electron chi connectivity index (χ0n) is 5.36. The summed E-state index contributed by atoms with van der Waals surface area (Å²) in [6.07, 6.45) is -3.58. The van der Waals surface area contributed by atoms with E-state index >= 15 is 0 Å². The molecule has 0 aliphatic rings. The Morgan fingerprint density at radius 3 is 2.42 bits per heavy atom. The maximum Gasteiger partial charge on any atom is 0.434 e. The van der Waals surface area contributed by atoms with E-state index in [9.17, 15) is 13.2 Å². The van der Waals surface area contributed by atoms with E-state index in [1.165, 1.54) is 0 Å². The minimum Gasteiger partial charge on any atom is -0.230 e. The topological polar surface area (TPSA) is 25.8 Å². The average molecular weight is 308 g/mol. The summed E-state index contributed by atoms with van der Waals surface area (Å²) in [7, 11) is 0. The van der Waals surface area contributed by atoms with Crippen molar-refractivity contribution in [1.82, 2.24) is 9.97 Å². The molecule has 2 nitrogen and oxygen atoms in total. The number of aromatic nitrogens is 2. The van der Waals surface area contributed by atoms with Crippen LogP contribution in [0.3, 0.4) is 0 Å². The highest BCUT2D eigenvalue weighted by Gasteiger charge is 2.35. The Hall–Kier alpha value is -0.110. The number of nitrogens with zero attached hydrogens (tertiary/aromatic N) is 2. The lowest BCUT2D eigenvalue weighted by Gasteiger charge is -2.06. The van der Waals surface area contributed by atoms with Gasteiger partial charge in [0.2, 0.25) is 0 Å². The van der Waals surface area contributed by atoms with Gasteiger partial charge in [0.05, 0.1) is 11.2 Å². The minimum atomic E-state index is -4.51. The van der Waals surface area contributed by atoms with Crippen molar-refractivity contribution in [3.63, 3.8) is 0 Å². The van der Waals surface area contributed by atoms with Crippen LogP contribution in [0, 0.1) is 3.83 Å². The molecule has 1 rings (SSSR count). The molecule has 1 heterocycles. The van der Waals surface area contributed by atoms with Gasteiger partial charge in [-0.1, -0.05) is 11.6 Å². The Morgan fingerprint density at radius 1 is 1.42 bits per heavy atom. The third kappa shape index (κ3) is 2.19. The van der Waals surface area contributed by atoms with E-state index in [1.54, 1.807) is 22.6 Å². The van der Waals surface area contributed by atoms with Crippen molar-refractivity contribution in [3.05, 3.63) is 20.7 Å². The number of alkyl halides is 3. The van der Waals surface area contributed by atoms with Crippen LogP contribution in [0.15, 0.2) is 6.20 Å². The third-order valence-electron chi connectivity index (χ3n) is 0.983. The number of halogens is 5. The summed E-state index contributed by atoms with van der Waals surface area (Å²) in [4.78, 5) is 6.66. The molecule has 7 heteroatoms. The Bertz CT molecular complexity index is 301. The standard InChI is InChI=1S/C5HClF3IN2/c6-2-1-11-4(10)12-3(2)5(7,8)9/h1H. The summed E-state index contributed by atoms with van der Waals surface area (Å²) in [5.74, 6) is 0. The van der Waals surface area contributed by atoms with Gasteiger partial charge in [-0.3, -0.25) is 0 Å². The maximum absolute atomic E-state index is 12.1. The van der Waals surface area contributed by atoms with E-state index in [1.807, 2.05) is 0 Å². The maximum atomic E-state index is 12.1. The average Bonchev–Trinajstić information content (AvgIpc) is 1.92. The van der Waals surface area contributed by atoms with E-state index in [2.05, 4.69) is 9.97 Å². The van der Waals surface area contributed by atoms with Crippen LogP contribution in [0.4, 0.5) is 13.2 Å². The van der Waals surface area contributed by atoms with E-state index in [0.29, 0.717) is 0 Å². The summed E-state index contributed by atoms with van der Waals surface area (Å²) in [5.41, 5.74) is -1.09. The minimum absolute atomic E-state index is 0.0179. The lowest BCUT2D eigenvalue weighted by molar-refractivity contribution is -0.141. The van der Waals surface area contributed by atoms with E-state index in [4.69, 9.17) is 11.6 Å². The third-order valence-corrected chi connectivity index (χ3v) is 1.78. The monoisotopic (exact) mass is 308 g/mol. The van der Waals surface area contributed by atoms with Crippen molar-refractivity contribution >= 4 is 34.2 Å². The van der Waals surface area contributed by atoms with E-state index in [-0.39, 0.29) is 3.83 Å². The smallest absolute Gasteiger partial charge is 0.230 e. The largest absolute Gasteiger partial charge is 0.434 e. The van der Waals surface area contributed by atoms with Gasteiger partial charge in [0.1, 0.15) is 0 Å². The van der Waals surface area contributed by atoms with Gasteiger partial charge in [-0.25, -0.2) is 9.97 Å². The predicted octanol–water partition coefficient (Wildman–Crippen LogP) is 2.75. The molecule has 0 spiro atoms. The molecular weight excluding hydrogens is 307 g/mol. The summed E-state index contributed by atoms with van der Waals surface area (Å²) >= 11 is 6.81. The Morgan fingerprint density at radius 2 is 2.00 bits per heavy atom. The summed E-state index contributed by atoms with van der Waals surface area (Å²) in [6.45, 7) is 0. The van der Waals surface area contributed by atoms with E-state index in [0.717, 1.165) is 6.20 Å². The number of rotatable bonds is 0. The molecule has 0 fully saturated rings. The molecule has 0 saturated heterocycles. The molecular formula is C5HClF3IN2. The van der Waals surface area contributed by atoms with Crippen molar-refractivity contribution in [1.29, 1.82) is 0 Å². The molecule has 0 aliphatic carbocycles. The number of hydrogen-bond acceptors (Lipinski definition) is 2. The van der Waals surface area contributed by atoms with Crippen molar-refractivity contribution in [2.45, 2.75) is 6.18 Å². The molecule has 0 radical (unpaired) electrons. The first-order chi connectivity index (χ1) is 5.41. The van der Waals surface area contributed by atoms with Crippen LogP contribution in [0.5, 0.6) is 0 Å². The van der Waals surface area contributed by atoms with Gasteiger partial charge < -0.3 is 0 Å². The van der Waals surface area contributed by atoms with Crippen LogP contribution >= 0.6 is 34.2 Å². The van der Waals surface area contributed by atoms with Crippen LogP contribution in [0.1, 0.15) is 5.69 Å². The van der Waals surface area contributed by atoms with Crippen molar-refractivity contribution in [2.24, 2.45) is 0 Å². The molecule has 1 aromatic heterocycles. The molecule has 0 amide bonds. The van der Waals surface area contributed by atoms with Crippen LogP contribution in [-0.4, -0.2) is 9.97 Å². The molecule has 0 atom stereocenters. The second-order valence-electron chi connectivity index (χ2n) is 1.83. The highest BCUT2D eigenvalue weighted by Crippen LogP contribution is 2.32. The molecule has 1 aromatic rings. The highest BCUT2D eigenvalue weighted by molar-refractivity contribution is 14.1. The fourth-order valence-electron chi connectivity index (χ4n) is 0.544. The van der Waals surface area contributed by atoms with Gasteiger partial charge >= 0.3 is 6.18 Å². The Labute approximate surface area is 84.3 Å². The van der Waals surface area contributed by atoms with Gasteiger partial charge in [-0.15, -0.1) is 0 Å². The zero-order chi connectivity index (χ0) is 9.35. The fourth-order valence-corrected chi connectivity index (χ4v) is 1.12. The van der Waals surface area contributed by atoms with Gasteiger partial charge in [0.25, 0.3) is 0 Å². The number of hydrogen-bond donors (Lipinski definition) is 0. The normalized spacial score (nSPS) is 11.8. The Kier molecular flexibility index (Phi) is 2.77. The van der Waals surface area contributed by atoms with Gasteiger partial charge in [-0.2, -0.15) is 13.2 Å². The Balaban J connectivity index is 3.23. The molecule has 0 bridgehead atoms. The lowest BCUT2D eigenvalue weighted by atomic mass is 10.4. The van der Waals surface area contributed by atoms with Crippen molar-refractivity contribution in [3.8, 4) is 0 Å². The predicted molar refractivity (Wildman–Crippen MR) is 44.8 cm³/mol. The molecule has 0 N–H and O–H groups in total. The second kappa shape index (κ2) is 3.33. The summed E-state index contributed by atoms with van der Waals surface area (Å²) < 4.78 is 36.2. The molecule has 0 saturated carbocycles. The molecule has 12 heavy (non-hydrogen) atoms. The summed E-state index contributed by atoms with van der Waals surface area (Å²) in [5, 5.41) is -0.483. The first-order valence-electron chi connectivity index (χ1n) is 2.66. The summed E-state index contributed by atoms with van der Waals surface area (Å²) in [6, 6.07) is 0. The van der Waals surface area contributed by atoms with Crippen LogP contribution in [0.25, 0.3) is 0 Å². The lowest BCUT2D eigenvalue weighted by Crippen LogP contribution is -2.10.